The Morgan fingerprint density at radius 2 is 1.91 bits per heavy atom. The molecule has 2 aliphatic rings. The second kappa shape index (κ2) is 9.83. The van der Waals surface area contributed by atoms with E-state index < -0.39 is 0 Å². The Kier molecular flexibility index (Phi) is 6.48. The van der Waals surface area contributed by atoms with E-state index in [1.54, 1.807) is 7.11 Å². The van der Waals surface area contributed by atoms with Crippen molar-refractivity contribution in [2.24, 2.45) is 5.92 Å². The number of amides is 1. The van der Waals surface area contributed by atoms with Crippen LogP contribution in [0.2, 0.25) is 0 Å². The molecule has 7 heteroatoms. The van der Waals surface area contributed by atoms with Gasteiger partial charge in [0.05, 0.1) is 13.2 Å². The number of benzene rings is 2. The van der Waals surface area contributed by atoms with Crippen LogP contribution in [-0.2, 0) is 4.79 Å². The number of carbonyl (C=O) groups is 1. The number of fused-ring (bicyclic) bond motifs is 1. The average molecular weight is 449 g/mol. The van der Waals surface area contributed by atoms with Crippen molar-refractivity contribution in [2.45, 2.75) is 31.7 Å². The highest BCUT2D eigenvalue weighted by atomic mass is 16.5. The zero-order valence-electron chi connectivity index (χ0n) is 19.2. The molecule has 5 rings (SSSR count). The van der Waals surface area contributed by atoms with E-state index in [0.717, 1.165) is 55.9 Å². The number of likely N-dealkylation sites (tertiary alicyclic amines) is 1. The third kappa shape index (κ3) is 4.83. The number of ether oxygens (including phenoxy) is 1. The van der Waals surface area contributed by atoms with Gasteiger partial charge in [0, 0.05) is 25.6 Å². The fourth-order valence-corrected chi connectivity index (χ4v) is 5.03. The molecule has 3 aromatic rings. The molecule has 1 unspecified atom stereocenters. The van der Waals surface area contributed by atoms with Crippen molar-refractivity contribution in [1.82, 2.24) is 15.2 Å². The van der Waals surface area contributed by atoms with Crippen molar-refractivity contribution in [3.63, 3.8) is 0 Å². The van der Waals surface area contributed by atoms with Gasteiger partial charge in [-0.2, -0.15) is 4.98 Å². The molecule has 1 amide bonds. The first kappa shape index (κ1) is 21.8. The Morgan fingerprint density at radius 3 is 2.67 bits per heavy atom. The predicted molar refractivity (Wildman–Crippen MR) is 128 cm³/mol. The summed E-state index contributed by atoms with van der Waals surface area (Å²) in [6, 6.07) is 16.9. The quantitative estimate of drug-likeness (QED) is 0.589. The summed E-state index contributed by atoms with van der Waals surface area (Å²) in [5.41, 5.74) is 2.87. The smallest absolute Gasteiger partial charge is 0.298 e. The minimum atomic E-state index is 0.0233. The molecular formula is C26H32N4O3. The number of aromatic nitrogens is 1. The number of anilines is 1. The molecule has 7 nitrogen and oxygen atoms in total. The van der Waals surface area contributed by atoms with Gasteiger partial charge in [0.25, 0.3) is 6.01 Å². The summed E-state index contributed by atoms with van der Waals surface area (Å²) in [6.07, 6.45) is 4.03. The zero-order valence-corrected chi connectivity index (χ0v) is 19.2. The Labute approximate surface area is 194 Å². The van der Waals surface area contributed by atoms with Crippen LogP contribution < -0.4 is 15.0 Å². The Hall–Kier alpha value is -3.06. The highest BCUT2D eigenvalue weighted by Gasteiger charge is 2.29. The molecule has 0 saturated carbocycles. The van der Waals surface area contributed by atoms with Crippen LogP contribution >= 0.6 is 0 Å². The van der Waals surface area contributed by atoms with Gasteiger partial charge in [-0.05, 0) is 68.6 Å². The molecule has 3 heterocycles. The first-order valence-electron chi connectivity index (χ1n) is 12.0. The van der Waals surface area contributed by atoms with Gasteiger partial charge in [0.1, 0.15) is 11.3 Å². The van der Waals surface area contributed by atoms with Crippen molar-refractivity contribution in [2.75, 3.05) is 44.7 Å². The van der Waals surface area contributed by atoms with Gasteiger partial charge in [0.15, 0.2) is 5.58 Å². The second-order valence-corrected chi connectivity index (χ2v) is 9.01. The van der Waals surface area contributed by atoms with E-state index in [2.05, 4.69) is 32.2 Å². The van der Waals surface area contributed by atoms with Crippen molar-refractivity contribution < 1.29 is 13.9 Å². The lowest BCUT2D eigenvalue weighted by Crippen LogP contribution is -2.43. The number of nitrogens with one attached hydrogen (secondary N) is 1. The van der Waals surface area contributed by atoms with Gasteiger partial charge in [0.2, 0.25) is 5.91 Å². The number of oxazole rings is 1. The first-order chi connectivity index (χ1) is 16.2. The third-order valence-electron chi connectivity index (χ3n) is 6.95. The standard InChI is InChI=1S/C26H32N4O3/c1-32-21-8-6-7-20(17-21)23(29-13-4-5-14-29)18-27-25(31)19-11-15-30(16-12-19)26-28-22-9-2-3-10-24(22)33-26/h2-3,6-10,17,19,23H,4-5,11-16,18H2,1H3,(H,27,31). The van der Waals surface area contributed by atoms with Crippen LogP contribution in [0.25, 0.3) is 11.1 Å². The van der Waals surface area contributed by atoms with Crippen molar-refractivity contribution in [3.8, 4) is 5.75 Å². The minimum Gasteiger partial charge on any atom is -0.497 e. The molecular weight excluding hydrogens is 416 g/mol. The van der Waals surface area contributed by atoms with Crippen LogP contribution in [0.3, 0.4) is 0 Å². The topological polar surface area (TPSA) is 70.8 Å². The van der Waals surface area contributed by atoms with Gasteiger partial charge in [-0.3, -0.25) is 9.69 Å². The van der Waals surface area contributed by atoms with E-state index in [4.69, 9.17) is 9.15 Å². The van der Waals surface area contributed by atoms with E-state index in [-0.39, 0.29) is 17.9 Å². The van der Waals surface area contributed by atoms with E-state index in [9.17, 15) is 4.79 Å². The Balaban J connectivity index is 1.19. The molecule has 1 aromatic heterocycles. The van der Waals surface area contributed by atoms with E-state index >= 15 is 0 Å². The van der Waals surface area contributed by atoms with E-state index in [1.807, 2.05) is 36.4 Å². The van der Waals surface area contributed by atoms with Crippen LogP contribution in [-0.4, -0.2) is 55.6 Å². The number of carbonyl (C=O) groups excluding carboxylic acids is 1. The fraction of sp³-hybridized carbons (Fsp3) is 0.462. The molecule has 0 bridgehead atoms. The van der Waals surface area contributed by atoms with Crippen LogP contribution in [0.4, 0.5) is 6.01 Å². The summed E-state index contributed by atoms with van der Waals surface area (Å²) in [7, 11) is 1.69. The van der Waals surface area contributed by atoms with Crippen LogP contribution in [0.1, 0.15) is 37.3 Å². The Morgan fingerprint density at radius 1 is 1.12 bits per heavy atom. The summed E-state index contributed by atoms with van der Waals surface area (Å²) in [5.74, 6) is 1.03. The molecule has 2 aromatic carbocycles. The maximum absolute atomic E-state index is 13.0. The number of rotatable bonds is 7. The SMILES string of the molecule is COc1cccc(C(CNC(=O)C2CCN(c3nc4ccccc4o3)CC2)N2CCCC2)c1. The first-order valence-corrected chi connectivity index (χ1v) is 12.0. The van der Waals surface area contributed by atoms with Gasteiger partial charge in [-0.15, -0.1) is 0 Å². The second-order valence-electron chi connectivity index (χ2n) is 9.01. The van der Waals surface area contributed by atoms with Crippen molar-refractivity contribution in [3.05, 3.63) is 54.1 Å². The maximum Gasteiger partial charge on any atom is 0.298 e. The number of nitrogens with zero attached hydrogens (tertiary/aromatic N) is 3. The third-order valence-corrected chi connectivity index (χ3v) is 6.95. The molecule has 2 aliphatic heterocycles. The van der Waals surface area contributed by atoms with Crippen molar-refractivity contribution in [1.29, 1.82) is 0 Å². The number of hydrogen-bond acceptors (Lipinski definition) is 6. The zero-order chi connectivity index (χ0) is 22.6. The summed E-state index contributed by atoms with van der Waals surface area (Å²) < 4.78 is 11.3. The lowest BCUT2D eigenvalue weighted by Gasteiger charge is -2.32. The molecule has 2 saturated heterocycles. The molecule has 0 aliphatic carbocycles. The Bertz CT molecular complexity index is 1050. The highest BCUT2D eigenvalue weighted by Crippen LogP contribution is 2.29. The summed E-state index contributed by atoms with van der Waals surface area (Å²) in [4.78, 5) is 22.3. The molecule has 0 spiro atoms. The monoisotopic (exact) mass is 448 g/mol. The van der Waals surface area contributed by atoms with Crippen LogP contribution in [0, 0.1) is 5.92 Å². The number of hydrogen-bond donors (Lipinski definition) is 1. The highest BCUT2D eigenvalue weighted by molar-refractivity contribution is 5.79. The minimum absolute atomic E-state index is 0.0233. The largest absolute Gasteiger partial charge is 0.497 e. The predicted octanol–water partition coefficient (Wildman–Crippen LogP) is 4.01. The molecule has 1 atom stereocenters. The van der Waals surface area contributed by atoms with Crippen LogP contribution in [0.5, 0.6) is 5.75 Å². The molecule has 0 radical (unpaired) electrons. The van der Waals surface area contributed by atoms with E-state index in [1.165, 1.54) is 18.4 Å². The number of methoxy groups -OCH3 is 1. The average Bonchev–Trinajstić information content (AvgIpc) is 3.55. The normalized spacial score (nSPS) is 18.5. The lowest BCUT2D eigenvalue weighted by molar-refractivity contribution is -0.125. The van der Waals surface area contributed by atoms with Crippen LogP contribution in [0.15, 0.2) is 52.9 Å². The molecule has 1 N–H and O–H groups in total. The molecule has 33 heavy (non-hydrogen) atoms. The van der Waals surface area contributed by atoms with Gasteiger partial charge >= 0.3 is 0 Å². The number of piperidine rings is 1. The maximum atomic E-state index is 13.0. The fourth-order valence-electron chi connectivity index (χ4n) is 5.03. The van der Waals surface area contributed by atoms with Gasteiger partial charge in [-0.25, -0.2) is 0 Å². The molecule has 2 fully saturated rings. The van der Waals surface area contributed by atoms with Crippen molar-refractivity contribution >= 4 is 23.0 Å². The summed E-state index contributed by atoms with van der Waals surface area (Å²) in [6.45, 7) is 4.31. The lowest BCUT2D eigenvalue weighted by atomic mass is 9.96. The summed E-state index contributed by atoms with van der Waals surface area (Å²) in [5, 5.41) is 3.26. The molecule has 174 valence electrons. The van der Waals surface area contributed by atoms with Gasteiger partial charge in [-0.1, -0.05) is 24.3 Å². The van der Waals surface area contributed by atoms with E-state index in [0.29, 0.717) is 12.6 Å². The number of para-hydroxylation sites is 2. The van der Waals surface area contributed by atoms with Gasteiger partial charge < -0.3 is 19.4 Å². The summed E-state index contributed by atoms with van der Waals surface area (Å²) >= 11 is 0.